The molecule has 1 aromatic heterocycles. The van der Waals surface area contributed by atoms with Gasteiger partial charge in [0.15, 0.2) is 25.6 Å². The van der Waals surface area contributed by atoms with E-state index >= 15 is 4.39 Å². The Morgan fingerprint density at radius 2 is 2.03 bits per heavy atom. The number of allylic oxidation sites excluding steroid dienone is 1. The minimum atomic E-state index is -1.79. The van der Waals surface area contributed by atoms with Crippen LogP contribution in [-0.4, -0.2) is 59.3 Å². The molecule has 2 spiro atoms. The molecule has 8 nitrogen and oxygen atoms in total. The molecule has 3 saturated carbocycles. The molecule has 2 aliphatic heterocycles. The minimum absolute atomic E-state index is 0.00678. The van der Waals surface area contributed by atoms with Gasteiger partial charge >= 0.3 is 0 Å². The van der Waals surface area contributed by atoms with Crippen molar-refractivity contribution in [1.82, 2.24) is 5.10 Å². The number of alkyl halides is 1. The third-order valence-electron chi connectivity index (χ3n) is 11.4. The van der Waals surface area contributed by atoms with Crippen molar-refractivity contribution in [2.45, 2.75) is 89.5 Å². The van der Waals surface area contributed by atoms with E-state index in [1.165, 1.54) is 0 Å². The van der Waals surface area contributed by atoms with Gasteiger partial charge in [0, 0.05) is 29.2 Å². The summed E-state index contributed by atoms with van der Waals surface area (Å²) in [7, 11) is 0. The lowest BCUT2D eigenvalue weighted by Gasteiger charge is -2.64. The average Bonchev–Trinajstić information content (AvgIpc) is 3.58. The van der Waals surface area contributed by atoms with E-state index in [2.05, 4.69) is 25.0 Å². The van der Waals surface area contributed by atoms with Crippen molar-refractivity contribution >= 4 is 11.9 Å². The van der Waals surface area contributed by atoms with Gasteiger partial charge < -0.3 is 24.1 Å². The molecule has 0 aromatic carbocycles. The molecule has 4 aliphatic carbocycles. The molecule has 0 amide bonds. The van der Waals surface area contributed by atoms with E-state index in [0.717, 1.165) is 29.7 Å². The lowest BCUT2D eigenvalue weighted by atomic mass is 9.43. The monoisotopic (exact) mass is 517 g/mol. The third-order valence-corrected chi connectivity index (χ3v) is 11.4. The van der Waals surface area contributed by atoms with E-state index in [4.69, 9.17) is 18.9 Å². The zero-order valence-electron chi connectivity index (χ0n) is 22.1. The fourth-order valence-corrected chi connectivity index (χ4v) is 10.0. The van der Waals surface area contributed by atoms with E-state index in [-0.39, 0.29) is 56.7 Å². The highest BCUT2D eigenvalue weighted by Gasteiger charge is 2.81. The molecule has 7 rings (SSSR count). The number of rotatable bonds is 2. The van der Waals surface area contributed by atoms with Gasteiger partial charge in [-0.3, -0.25) is 4.79 Å². The van der Waals surface area contributed by atoms with Crippen molar-refractivity contribution in [3.05, 3.63) is 23.0 Å². The molecular weight excluding hydrogens is 479 g/mol. The van der Waals surface area contributed by atoms with Crippen molar-refractivity contribution in [2.24, 2.45) is 28.6 Å². The third kappa shape index (κ3) is 2.70. The summed E-state index contributed by atoms with van der Waals surface area (Å²) in [6.45, 7) is 8.67. The molecule has 0 radical (unpaired) electrons. The normalized spacial score (nSPS) is 50.1. The van der Waals surface area contributed by atoms with E-state index < -0.39 is 34.0 Å². The van der Waals surface area contributed by atoms with Crippen molar-refractivity contribution in [3.63, 3.8) is 0 Å². The van der Waals surface area contributed by atoms with Gasteiger partial charge in [0.05, 0.1) is 6.10 Å². The summed E-state index contributed by atoms with van der Waals surface area (Å²) in [6, 6.07) is 0. The molecule has 1 unspecified atom stereocenters. The van der Waals surface area contributed by atoms with Gasteiger partial charge in [-0.2, -0.15) is 5.10 Å². The Bertz CT molecular complexity index is 1190. The van der Waals surface area contributed by atoms with Crippen molar-refractivity contribution in [1.29, 1.82) is 0 Å². The van der Waals surface area contributed by atoms with Crippen molar-refractivity contribution in [2.75, 3.05) is 20.2 Å². The molecule has 202 valence electrons. The van der Waals surface area contributed by atoms with Crippen LogP contribution in [0.2, 0.25) is 0 Å². The van der Waals surface area contributed by atoms with E-state index in [0.29, 0.717) is 12.8 Å². The van der Waals surface area contributed by atoms with Crippen molar-refractivity contribution in [3.8, 4) is 0 Å². The number of carbonyl (C=O) groups is 1. The van der Waals surface area contributed by atoms with Gasteiger partial charge in [-0.05, 0) is 50.0 Å². The molecular formula is C28H38FN2O6+. The van der Waals surface area contributed by atoms with E-state index in [1.807, 2.05) is 13.1 Å². The minimum Gasteiger partial charge on any atom is -0.390 e. The number of nitrogens with one attached hydrogen (secondary N) is 1. The Labute approximate surface area is 216 Å². The number of H-pyrrole nitrogens is 1. The largest absolute Gasteiger partial charge is 0.390 e. The lowest BCUT2D eigenvalue weighted by molar-refractivity contribution is -0.738. The van der Waals surface area contributed by atoms with Gasteiger partial charge in [-0.15, -0.1) is 4.68 Å². The number of aliphatic hydroxyl groups is 1. The second-order valence-corrected chi connectivity index (χ2v) is 13.0. The predicted octanol–water partition coefficient (Wildman–Crippen LogP) is 2.83. The number of Topliss-reactive ketones (excluding diaryl/α,β-unsaturated/α-hetero) is 1. The van der Waals surface area contributed by atoms with E-state index in [9.17, 15) is 9.90 Å². The van der Waals surface area contributed by atoms with Gasteiger partial charge in [-0.25, -0.2) is 4.39 Å². The molecule has 0 bridgehead atoms. The predicted molar refractivity (Wildman–Crippen MR) is 128 cm³/mol. The summed E-state index contributed by atoms with van der Waals surface area (Å²) in [5.74, 6) is -1.23. The van der Waals surface area contributed by atoms with Gasteiger partial charge in [-0.1, -0.05) is 26.3 Å². The topological polar surface area (TPSA) is 93.9 Å². The van der Waals surface area contributed by atoms with Crippen LogP contribution in [0.4, 0.5) is 4.39 Å². The summed E-state index contributed by atoms with van der Waals surface area (Å²) in [5, 5.41) is 15.2. The van der Waals surface area contributed by atoms with Crippen LogP contribution >= 0.6 is 0 Å². The number of aromatic amines is 1. The maximum atomic E-state index is 17.9. The fraction of sp³-hybridized carbons (Fsp3) is 0.786. The molecule has 5 fully saturated rings. The number of carbonyl (C=O) groups excluding carboxylic acids is 1. The quantitative estimate of drug-likeness (QED) is 0.586. The Balaban J connectivity index is 1.30. The highest BCUT2D eigenvalue weighted by atomic mass is 19.1. The highest BCUT2D eigenvalue weighted by molar-refractivity contribution is 5.73. The van der Waals surface area contributed by atoms with Gasteiger partial charge in [0.2, 0.25) is 12.3 Å². The molecule has 1 aromatic rings. The number of fused-ring (bicyclic) bond motifs is 8. The maximum absolute atomic E-state index is 17.9. The Kier molecular flexibility index (Phi) is 4.95. The first-order valence-electron chi connectivity index (χ1n) is 13.7. The highest BCUT2D eigenvalue weighted by Crippen LogP contribution is 2.74. The average molecular weight is 518 g/mol. The summed E-state index contributed by atoms with van der Waals surface area (Å²) in [4.78, 5) is 11.7. The number of nitrogens with zero attached hydrogens (tertiary/aromatic N) is 1. The van der Waals surface area contributed by atoms with Crippen LogP contribution in [0.25, 0.3) is 6.08 Å². The van der Waals surface area contributed by atoms with Crippen LogP contribution in [0.5, 0.6) is 0 Å². The number of hydrogen-bond donors (Lipinski definition) is 2. The summed E-state index contributed by atoms with van der Waals surface area (Å²) in [6.07, 6.45) is 5.84. The molecule has 37 heavy (non-hydrogen) atoms. The summed E-state index contributed by atoms with van der Waals surface area (Å²) in [5.41, 5.74) is -0.987. The van der Waals surface area contributed by atoms with Crippen molar-refractivity contribution < 1.29 is 37.9 Å². The second kappa shape index (κ2) is 7.50. The first-order valence-corrected chi connectivity index (χ1v) is 13.7. The number of ketones is 1. The smallest absolute Gasteiger partial charge is 0.229 e. The summed E-state index contributed by atoms with van der Waals surface area (Å²) >= 11 is 0. The summed E-state index contributed by atoms with van der Waals surface area (Å²) < 4.78 is 44.1. The fourth-order valence-electron chi connectivity index (χ4n) is 10.0. The SMILES string of the molecule is CC(=O)C[n+]1cc2c([nH]1)C=C1CC[C@H]3[C@@H]4C[C@@H](C)[C@@]5(OCOC56COCO6)[C@@]4(C)C[C@H](O)[C@]3(F)[C@@]1(C)C2. The maximum Gasteiger partial charge on any atom is 0.229 e. The molecule has 3 heterocycles. The first-order chi connectivity index (χ1) is 17.5. The molecule has 6 aliphatic rings. The number of hydrogen-bond acceptors (Lipinski definition) is 6. The van der Waals surface area contributed by atoms with Crippen LogP contribution < -0.4 is 4.68 Å². The molecule has 9 heteroatoms. The Morgan fingerprint density at radius 3 is 2.76 bits per heavy atom. The van der Waals surface area contributed by atoms with Gasteiger partial charge in [0.1, 0.15) is 23.6 Å². The lowest BCUT2D eigenvalue weighted by Crippen LogP contribution is -2.72. The standard InChI is InChI=1S/C28H37FN2O6/c1-16-7-21-20-6-5-19-8-22-18(12-31(30-22)11-17(2)32)9-24(19,3)27(20,29)23(33)10-25(21,4)28(16)26(36-15-37-28)13-34-14-35-26/h8,12,16,20-21,23,33H,5-7,9-11,13-15H2,1-4H3/p+1/t16-,20+,21+,23+,24+,25+,26?,27+,28-/m1/s1. The molecule has 2 N–H and O–H groups in total. The van der Waals surface area contributed by atoms with E-state index in [1.54, 1.807) is 11.6 Å². The first kappa shape index (κ1) is 24.4. The number of aliphatic hydroxyl groups excluding tert-OH is 1. The van der Waals surface area contributed by atoms with Crippen LogP contribution in [0.3, 0.4) is 0 Å². The number of aromatic nitrogens is 2. The van der Waals surface area contributed by atoms with Crippen LogP contribution in [0.1, 0.15) is 64.6 Å². The van der Waals surface area contributed by atoms with Crippen LogP contribution in [-0.2, 0) is 36.7 Å². The second-order valence-electron chi connectivity index (χ2n) is 13.0. The zero-order chi connectivity index (χ0) is 26.0. The van der Waals surface area contributed by atoms with Crippen LogP contribution in [0.15, 0.2) is 11.8 Å². The Morgan fingerprint density at radius 1 is 1.24 bits per heavy atom. The van der Waals surface area contributed by atoms with Gasteiger partial charge in [0.25, 0.3) is 0 Å². The number of ether oxygens (including phenoxy) is 4. The zero-order valence-corrected chi connectivity index (χ0v) is 22.1. The van der Waals surface area contributed by atoms with Crippen LogP contribution in [0, 0.1) is 28.6 Å². The Hall–Kier alpha value is -1.65. The molecule has 2 saturated heterocycles. The number of halogens is 1. The molecule has 9 atom stereocenters.